The molecule has 2 amide bonds. The van der Waals surface area contributed by atoms with Crippen LogP contribution in [0.15, 0.2) is 85.1 Å². The number of anilines is 1. The number of ether oxygens (including phenoxy) is 1. The van der Waals surface area contributed by atoms with E-state index in [2.05, 4.69) is 22.4 Å². The Labute approximate surface area is 192 Å². The van der Waals surface area contributed by atoms with Gasteiger partial charge in [0.05, 0.1) is 0 Å². The molecular weight excluding hydrogens is 414 g/mol. The van der Waals surface area contributed by atoms with E-state index in [0.29, 0.717) is 18.7 Å². The fourth-order valence-corrected chi connectivity index (χ4v) is 4.29. The second-order valence-corrected chi connectivity index (χ2v) is 8.24. The first-order valence-electron chi connectivity index (χ1n) is 11.1. The predicted octanol–water partition coefficient (Wildman–Crippen LogP) is 5.57. The monoisotopic (exact) mass is 439 g/mol. The zero-order valence-electron chi connectivity index (χ0n) is 18.2. The molecule has 2 heterocycles. The van der Waals surface area contributed by atoms with Crippen LogP contribution in [0.3, 0.4) is 0 Å². The van der Waals surface area contributed by atoms with Crippen molar-refractivity contribution in [1.29, 1.82) is 0 Å². The maximum Gasteiger partial charge on any atom is 0.410 e. The Kier molecular flexibility index (Phi) is 5.81. The van der Waals surface area contributed by atoms with Crippen molar-refractivity contribution in [3.05, 3.63) is 90.6 Å². The molecule has 0 radical (unpaired) electrons. The molecule has 1 aromatic heterocycles. The lowest BCUT2D eigenvalue weighted by molar-refractivity contribution is -0.120. The summed E-state index contributed by atoms with van der Waals surface area (Å²) >= 11 is 0. The lowest BCUT2D eigenvalue weighted by Gasteiger charge is -2.23. The van der Waals surface area contributed by atoms with E-state index in [1.165, 1.54) is 4.90 Å². The quantitative estimate of drug-likeness (QED) is 0.427. The second kappa shape index (κ2) is 9.20. The molecule has 0 spiro atoms. The van der Waals surface area contributed by atoms with Crippen LogP contribution in [0.5, 0.6) is 0 Å². The number of H-pyrrole nitrogens is 1. The van der Waals surface area contributed by atoms with Gasteiger partial charge in [-0.3, -0.25) is 9.69 Å². The third kappa shape index (κ3) is 4.60. The SMILES string of the molecule is O=C(Nc1cccc(-c2ccc3[nH]ccc3c2)c1)C1CCCN1C(=O)OCc1ccccc1. The van der Waals surface area contributed by atoms with E-state index < -0.39 is 12.1 Å². The molecule has 6 nitrogen and oxygen atoms in total. The zero-order valence-corrected chi connectivity index (χ0v) is 18.2. The van der Waals surface area contributed by atoms with Crippen LogP contribution < -0.4 is 5.32 Å². The van der Waals surface area contributed by atoms with Gasteiger partial charge in [-0.05, 0) is 65.3 Å². The van der Waals surface area contributed by atoms with Gasteiger partial charge < -0.3 is 15.0 Å². The first kappa shape index (κ1) is 20.8. The highest BCUT2D eigenvalue weighted by molar-refractivity contribution is 5.97. The summed E-state index contributed by atoms with van der Waals surface area (Å²) in [6.07, 6.45) is 2.86. The van der Waals surface area contributed by atoms with E-state index in [1.54, 1.807) is 0 Å². The van der Waals surface area contributed by atoms with Gasteiger partial charge in [0, 0.05) is 23.9 Å². The normalized spacial score (nSPS) is 15.5. The number of carbonyl (C=O) groups excluding carboxylic acids is 2. The smallest absolute Gasteiger partial charge is 0.410 e. The van der Waals surface area contributed by atoms with E-state index in [1.807, 2.05) is 72.9 Å². The number of carbonyl (C=O) groups is 2. The largest absolute Gasteiger partial charge is 0.445 e. The summed E-state index contributed by atoms with van der Waals surface area (Å²) in [5, 5.41) is 4.13. The van der Waals surface area contributed by atoms with E-state index in [-0.39, 0.29) is 12.5 Å². The standard InChI is InChI=1S/C27H25N3O3/c31-26(25-10-5-15-30(25)27(32)33-18-19-6-2-1-3-7-19)29-23-9-4-8-20(17-23)21-11-12-24-22(16-21)13-14-28-24/h1-4,6-9,11-14,16-17,25,28H,5,10,15,18H2,(H,29,31). The van der Waals surface area contributed by atoms with Gasteiger partial charge in [-0.15, -0.1) is 0 Å². The number of aromatic nitrogens is 1. The van der Waals surface area contributed by atoms with E-state index in [9.17, 15) is 9.59 Å². The van der Waals surface area contributed by atoms with Gasteiger partial charge in [-0.25, -0.2) is 4.79 Å². The highest BCUT2D eigenvalue weighted by Gasteiger charge is 2.35. The van der Waals surface area contributed by atoms with Crippen molar-refractivity contribution in [3.63, 3.8) is 0 Å². The summed E-state index contributed by atoms with van der Waals surface area (Å²) in [7, 11) is 0. The maximum atomic E-state index is 13.0. The summed E-state index contributed by atoms with van der Waals surface area (Å²) in [5.74, 6) is -0.192. The Balaban J connectivity index is 1.25. The minimum absolute atomic E-state index is 0.192. The summed E-state index contributed by atoms with van der Waals surface area (Å²) in [6.45, 7) is 0.709. The van der Waals surface area contributed by atoms with Gasteiger partial charge >= 0.3 is 6.09 Å². The minimum atomic E-state index is -0.534. The average Bonchev–Trinajstić information content (AvgIpc) is 3.53. The molecular formula is C27H25N3O3. The molecule has 6 heteroatoms. The first-order chi connectivity index (χ1) is 16.2. The number of fused-ring (bicyclic) bond motifs is 1. The lowest BCUT2D eigenvalue weighted by atomic mass is 10.0. The topological polar surface area (TPSA) is 74.4 Å². The summed E-state index contributed by atoms with van der Waals surface area (Å²) in [6, 6.07) is 25.0. The maximum absolute atomic E-state index is 13.0. The van der Waals surface area contributed by atoms with Gasteiger partial charge in [0.25, 0.3) is 0 Å². The fourth-order valence-electron chi connectivity index (χ4n) is 4.29. The van der Waals surface area contributed by atoms with Crippen LogP contribution in [0.2, 0.25) is 0 Å². The Morgan fingerprint density at radius 2 is 1.82 bits per heavy atom. The molecule has 1 fully saturated rings. The molecule has 33 heavy (non-hydrogen) atoms. The highest BCUT2D eigenvalue weighted by Crippen LogP contribution is 2.27. The van der Waals surface area contributed by atoms with Crippen LogP contribution in [0.4, 0.5) is 10.5 Å². The van der Waals surface area contributed by atoms with Crippen LogP contribution in [-0.4, -0.2) is 34.5 Å². The summed E-state index contributed by atoms with van der Waals surface area (Å²) in [5.41, 5.74) is 4.80. The number of hydrogen-bond donors (Lipinski definition) is 2. The number of amides is 2. The summed E-state index contributed by atoms with van der Waals surface area (Å²) < 4.78 is 5.45. The molecule has 166 valence electrons. The van der Waals surface area contributed by atoms with Crippen LogP contribution in [-0.2, 0) is 16.1 Å². The van der Waals surface area contributed by atoms with Gasteiger partial charge in [0.1, 0.15) is 12.6 Å². The van der Waals surface area contributed by atoms with Gasteiger partial charge in [-0.1, -0.05) is 48.5 Å². The lowest BCUT2D eigenvalue weighted by Crippen LogP contribution is -2.43. The van der Waals surface area contributed by atoms with Crippen LogP contribution >= 0.6 is 0 Å². The van der Waals surface area contributed by atoms with Crippen molar-refractivity contribution in [2.75, 3.05) is 11.9 Å². The van der Waals surface area contributed by atoms with E-state index >= 15 is 0 Å². The van der Waals surface area contributed by atoms with Crippen LogP contribution in [0.1, 0.15) is 18.4 Å². The molecule has 1 aliphatic heterocycles. The van der Waals surface area contributed by atoms with Crippen molar-refractivity contribution in [2.45, 2.75) is 25.5 Å². The third-order valence-corrected chi connectivity index (χ3v) is 6.01. The van der Waals surface area contributed by atoms with Gasteiger partial charge in [-0.2, -0.15) is 0 Å². The number of rotatable bonds is 5. The van der Waals surface area contributed by atoms with Crippen LogP contribution in [0.25, 0.3) is 22.0 Å². The van der Waals surface area contributed by atoms with E-state index in [0.717, 1.165) is 34.0 Å². The molecule has 2 N–H and O–H groups in total. The molecule has 4 aromatic rings. The molecule has 0 saturated carbocycles. The number of benzene rings is 3. The average molecular weight is 440 g/mol. The Bertz CT molecular complexity index is 1280. The number of nitrogens with one attached hydrogen (secondary N) is 2. The van der Waals surface area contributed by atoms with Crippen molar-refractivity contribution in [3.8, 4) is 11.1 Å². The van der Waals surface area contributed by atoms with Crippen molar-refractivity contribution >= 4 is 28.6 Å². The molecule has 0 aliphatic carbocycles. The molecule has 1 saturated heterocycles. The Hall–Kier alpha value is -4.06. The number of hydrogen-bond acceptors (Lipinski definition) is 3. The van der Waals surface area contributed by atoms with Crippen LogP contribution in [0, 0.1) is 0 Å². The molecule has 1 unspecified atom stereocenters. The summed E-state index contributed by atoms with van der Waals surface area (Å²) in [4.78, 5) is 30.4. The Morgan fingerprint density at radius 1 is 0.970 bits per heavy atom. The third-order valence-electron chi connectivity index (χ3n) is 6.01. The molecule has 3 aromatic carbocycles. The minimum Gasteiger partial charge on any atom is -0.445 e. The van der Waals surface area contributed by atoms with Gasteiger partial charge in [0.15, 0.2) is 0 Å². The molecule has 1 aliphatic rings. The van der Waals surface area contributed by atoms with Gasteiger partial charge in [0.2, 0.25) is 5.91 Å². The second-order valence-electron chi connectivity index (χ2n) is 8.24. The number of likely N-dealkylation sites (tertiary alicyclic amines) is 1. The first-order valence-corrected chi connectivity index (χ1v) is 11.1. The highest BCUT2D eigenvalue weighted by atomic mass is 16.6. The van der Waals surface area contributed by atoms with E-state index in [4.69, 9.17) is 4.74 Å². The molecule has 0 bridgehead atoms. The van der Waals surface area contributed by atoms with Crippen molar-refractivity contribution < 1.29 is 14.3 Å². The molecule has 5 rings (SSSR count). The van der Waals surface area contributed by atoms with Crippen molar-refractivity contribution in [2.24, 2.45) is 0 Å². The fraction of sp³-hybridized carbons (Fsp3) is 0.185. The van der Waals surface area contributed by atoms with Crippen molar-refractivity contribution in [1.82, 2.24) is 9.88 Å². The molecule has 1 atom stereocenters. The zero-order chi connectivity index (χ0) is 22.6. The Morgan fingerprint density at radius 3 is 2.70 bits per heavy atom. The number of aromatic amines is 1. The predicted molar refractivity (Wildman–Crippen MR) is 129 cm³/mol. The number of nitrogens with zero attached hydrogens (tertiary/aromatic N) is 1.